The van der Waals surface area contributed by atoms with Gasteiger partial charge in [0.1, 0.15) is 0 Å². The normalized spacial score (nSPS) is 19.3. The van der Waals surface area contributed by atoms with Crippen LogP contribution in [0.5, 0.6) is 0 Å². The largest absolute Gasteiger partial charge is 0.371 e. The number of H-pyrrole nitrogens is 1. The molecule has 0 spiro atoms. The van der Waals surface area contributed by atoms with Crippen LogP contribution in [-0.2, 0) is 11.3 Å². The Balaban J connectivity index is 1.71. The minimum absolute atomic E-state index is 0.00810. The molecule has 1 aliphatic rings. The van der Waals surface area contributed by atoms with Gasteiger partial charge in [-0.2, -0.15) is 10.4 Å². The Bertz CT molecular complexity index is 664. The van der Waals surface area contributed by atoms with Gasteiger partial charge >= 0.3 is 0 Å². The molecule has 1 atom stereocenters. The van der Waals surface area contributed by atoms with Crippen molar-refractivity contribution in [2.24, 2.45) is 0 Å². The number of halogens is 1. The van der Waals surface area contributed by atoms with E-state index in [0.717, 1.165) is 35.4 Å². The zero-order valence-electron chi connectivity index (χ0n) is 11.4. The summed E-state index contributed by atoms with van der Waals surface area (Å²) in [6.07, 6.45) is 1.78. The van der Waals surface area contributed by atoms with E-state index in [1.54, 1.807) is 6.20 Å². The van der Waals surface area contributed by atoms with Crippen molar-refractivity contribution in [3.05, 3.63) is 51.8 Å². The van der Waals surface area contributed by atoms with Crippen LogP contribution in [0.2, 0.25) is 0 Å². The van der Waals surface area contributed by atoms with Crippen LogP contribution in [0.4, 0.5) is 0 Å². The van der Waals surface area contributed by atoms with Crippen molar-refractivity contribution in [3.63, 3.8) is 0 Å². The lowest BCUT2D eigenvalue weighted by molar-refractivity contribution is -0.0333. The molecule has 1 aromatic carbocycles. The van der Waals surface area contributed by atoms with E-state index in [4.69, 9.17) is 10.00 Å². The van der Waals surface area contributed by atoms with E-state index >= 15 is 0 Å². The van der Waals surface area contributed by atoms with Crippen LogP contribution in [0, 0.1) is 11.3 Å². The Hall–Kier alpha value is -1.68. The summed E-state index contributed by atoms with van der Waals surface area (Å²) in [7, 11) is 0. The van der Waals surface area contributed by atoms with Gasteiger partial charge in [0, 0.05) is 19.6 Å². The molecule has 3 rings (SSSR count). The molecule has 108 valence electrons. The van der Waals surface area contributed by atoms with Crippen molar-refractivity contribution < 1.29 is 4.74 Å². The molecule has 0 aliphatic carbocycles. The Morgan fingerprint density at radius 3 is 3.19 bits per heavy atom. The smallest absolute Gasteiger partial charge is 0.0991 e. The summed E-state index contributed by atoms with van der Waals surface area (Å²) in [5.74, 6) is 0. The first kappa shape index (κ1) is 14.3. The number of ether oxygens (including phenoxy) is 1. The average molecular weight is 347 g/mol. The summed E-state index contributed by atoms with van der Waals surface area (Å²) in [5.41, 5.74) is 2.80. The SMILES string of the molecule is N#Cc1cccc(C2CN(Cc3[nH]ncc3Br)CCO2)c1. The second kappa shape index (κ2) is 6.39. The summed E-state index contributed by atoms with van der Waals surface area (Å²) >= 11 is 3.48. The molecule has 1 N–H and O–H groups in total. The molecule has 5 nitrogen and oxygen atoms in total. The number of morpholine rings is 1. The van der Waals surface area contributed by atoms with Gasteiger partial charge in [-0.25, -0.2) is 0 Å². The molecule has 1 unspecified atom stereocenters. The molecule has 1 fully saturated rings. The first-order valence-electron chi connectivity index (χ1n) is 6.78. The van der Waals surface area contributed by atoms with Crippen molar-refractivity contribution in [2.75, 3.05) is 19.7 Å². The molecular weight excluding hydrogens is 332 g/mol. The van der Waals surface area contributed by atoms with Crippen LogP contribution in [0.25, 0.3) is 0 Å². The lowest BCUT2D eigenvalue weighted by Crippen LogP contribution is -2.38. The number of nitriles is 1. The van der Waals surface area contributed by atoms with Gasteiger partial charge in [-0.05, 0) is 33.6 Å². The fourth-order valence-electron chi connectivity index (χ4n) is 2.49. The Labute approximate surface area is 131 Å². The third-order valence-corrected chi connectivity index (χ3v) is 4.27. The quantitative estimate of drug-likeness (QED) is 0.927. The van der Waals surface area contributed by atoms with Gasteiger partial charge in [-0.15, -0.1) is 0 Å². The summed E-state index contributed by atoms with van der Waals surface area (Å²) in [4.78, 5) is 2.32. The van der Waals surface area contributed by atoms with Gasteiger partial charge in [0.05, 0.1) is 40.7 Å². The molecule has 21 heavy (non-hydrogen) atoms. The lowest BCUT2D eigenvalue weighted by atomic mass is 10.0. The minimum Gasteiger partial charge on any atom is -0.371 e. The fourth-order valence-corrected chi connectivity index (χ4v) is 2.81. The first-order valence-corrected chi connectivity index (χ1v) is 7.57. The monoisotopic (exact) mass is 346 g/mol. The molecule has 6 heteroatoms. The molecule has 1 aliphatic heterocycles. The Kier molecular flexibility index (Phi) is 4.34. The standard InChI is InChI=1S/C15H15BrN4O/c16-13-8-18-19-14(13)9-20-4-5-21-15(10-20)12-3-1-2-11(6-12)7-17/h1-3,6,8,15H,4-5,9-10H2,(H,18,19). The lowest BCUT2D eigenvalue weighted by Gasteiger charge is -2.33. The molecule has 0 saturated carbocycles. The van der Waals surface area contributed by atoms with Gasteiger partial charge in [0.25, 0.3) is 0 Å². The summed E-state index contributed by atoms with van der Waals surface area (Å²) in [6.45, 7) is 3.19. The van der Waals surface area contributed by atoms with Crippen LogP contribution in [0.1, 0.15) is 22.9 Å². The number of hydrogen-bond donors (Lipinski definition) is 1. The highest BCUT2D eigenvalue weighted by Crippen LogP contribution is 2.24. The third kappa shape index (κ3) is 3.32. The Morgan fingerprint density at radius 1 is 1.52 bits per heavy atom. The van der Waals surface area contributed by atoms with E-state index in [9.17, 15) is 0 Å². The molecule has 1 saturated heterocycles. The predicted molar refractivity (Wildman–Crippen MR) is 81.4 cm³/mol. The zero-order valence-corrected chi connectivity index (χ0v) is 13.0. The van der Waals surface area contributed by atoms with Crippen molar-refractivity contribution in [2.45, 2.75) is 12.6 Å². The van der Waals surface area contributed by atoms with E-state index in [1.165, 1.54) is 0 Å². The molecule has 2 aromatic rings. The molecule has 2 heterocycles. The maximum Gasteiger partial charge on any atom is 0.0991 e. The molecule has 0 bridgehead atoms. The van der Waals surface area contributed by atoms with Crippen molar-refractivity contribution >= 4 is 15.9 Å². The average Bonchev–Trinajstić information content (AvgIpc) is 2.93. The van der Waals surface area contributed by atoms with E-state index < -0.39 is 0 Å². The van der Waals surface area contributed by atoms with Gasteiger partial charge in [-0.1, -0.05) is 12.1 Å². The molecule has 0 radical (unpaired) electrons. The number of benzene rings is 1. The number of rotatable bonds is 3. The third-order valence-electron chi connectivity index (χ3n) is 3.59. The Morgan fingerprint density at radius 2 is 2.43 bits per heavy atom. The van der Waals surface area contributed by atoms with Crippen LogP contribution < -0.4 is 0 Å². The summed E-state index contributed by atoms with van der Waals surface area (Å²) in [6, 6.07) is 9.81. The van der Waals surface area contributed by atoms with E-state index in [-0.39, 0.29) is 6.10 Å². The van der Waals surface area contributed by atoms with Gasteiger partial charge in [0.2, 0.25) is 0 Å². The highest BCUT2D eigenvalue weighted by Gasteiger charge is 2.23. The van der Waals surface area contributed by atoms with Gasteiger partial charge in [-0.3, -0.25) is 10.00 Å². The summed E-state index contributed by atoms with van der Waals surface area (Å²) < 4.78 is 6.85. The number of aromatic amines is 1. The molecule has 0 amide bonds. The topological polar surface area (TPSA) is 64.9 Å². The highest BCUT2D eigenvalue weighted by molar-refractivity contribution is 9.10. The molecular formula is C15H15BrN4O. The fraction of sp³-hybridized carbons (Fsp3) is 0.333. The van der Waals surface area contributed by atoms with Crippen molar-refractivity contribution in [1.29, 1.82) is 5.26 Å². The highest BCUT2D eigenvalue weighted by atomic mass is 79.9. The second-order valence-corrected chi connectivity index (χ2v) is 5.88. The summed E-state index contributed by atoms with van der Waals surface area (Å²) in [5, 5.41) is 16.0. The van der Waals surface area contributed by atoms with E-state index in [1.807, 2.05) is 24.3 Å². The minimum atomic E-state index is 0.00810. The number of nitrogens with zero attached hydrogens (tertiary/aromatic N) is 3. The maximum absolute atomic E-state index is 9.00. The zero-order chi connectivity index (χ0) is 14.7. The van der Waals surface area contributed by atoms with Crippen LogP contribution in [0.15, 0.2) is 34.9 Å². The van der Waals surface area contributed by atoms with Crippen molar-refractivity contribution in [1.82, 2.24) is 15.1 Å². The van der Waals surface area contributed by atoms with E-state index in [0.29, 0.717) is 12.2 Å². The number of hydrogen-bond acceptors (Lipinski definition) is 4. The van der Waals surface area contributed by atoms with Crippen LogP contribution in [-0.4, -0.2) is 34.8 Å². The van der Waals surface area contributed by atoms with E-state index in [2.05, 4.69) is 37.1 Å². The second-order valence-electron chi connectivity index (χ2n) is 5.03. The van der Waals surface area contributed by atoms with Gasteiger partial charge < -0.3 is 4.74 Å². The van der Waals surface area contributed by atoms with Crippen LogP contribution >= 0.6 is 15.9 Å². The number of nitrogens with one attached hydrogen (secondary N) is 1. The first-order chi connectivity index (χ1) is 10.3. The number of aromatic nitrogens is 2. The van der Waals surface area contributed by atoms with Crippen molar-refractivity contribution in [3.8, 4) is 6.07 Å². The molecule has 1 aromatic heterocycles. The van der Waals surface area contributed by atoms with Crippen LogP contribution in [0.3, 0.4) is 0 Å². The predicted octanol–water partition coefficient (Wildman–Crippen LogP) is 2.62. The maximum atomic E-state index is 9.00. The van der Waals surface area contributed by atoms with Gasteiger partial charge in [0.15, 0.2) is 0 Å².